The number of carbonyl (C=O) groups is 1. The molecule has 0 aromatic heterocycles. The summed E-state index contributed by atoms with van der Waals surface area (Å²) >= 11 is 0. The Morgan fingerprint density at radius 1 is 1.12 bits per heavy atom. The summed E-state index contributed by atoms with van der Waals surface area (Å²) in [5.74, 6) is -1.21. The number of alkyl halides is 3. The lowest BCUT2D eigenvalue weighted by atomic mass is 10.0. The first kappa shape index (κ1) is 16.3. The lowest BCUT2D eigenvalue weighted by Gasteiger charge is -2.13. The van der Waals surface area contributed by atoms with Gasteiger partial charge in [0.1, 0.15) is 12.4 Å². The highest BCUT2D eigenvalue weighted by Crippen LogP contribution is 2.34. The van der Waals surface area contributed by atoms with Crippen molar-refractivity contribution in [2.45, 2.75) is 12.7 Å². The highest BCUT2D eigenvalue weighted by atomic mass is 19.4. The van der Waals surface area contributed by atoms with E-state index < -0.39 is 12.1 Å². The summed E-state index contributed by atoms with van der Waals surface area (Å²) in [4.78, 5) is 11.0. The number of nitrogens with one attached hydrogen (secondary N) is 2. The Hall–Kier alpha value is -2.54. The molecule has 1 heterocycles. The van der Waals surface area contributed by atoms with Gasteiger partial charge in [0.05, 0.1) is 0 Å². The van der Waals surface area contributed by atoms with Crippen LogP contribution in [0.15, 0.2) is 42.5 Å². The third-order valence-corrected chi connectivity index (χ3v) is 3.65. The van der Waals surface area contributed by atoms with Crippen LogP contribution in [0.5, 0.6) is 5.75 Å². The molecular formula is C17H15F3N2O2. The van der Waals surface area contributed by atoms with Crippen LogP contribution in [0.2, 0.25) is 0 Å². The maximum absolute atomic E-state index is 12.3. The molecule has 24 heavy (non-hydrogen) atoms. The number of fused-ring (bicyclic) bond motifs is 1. The van der Waals surface area contributed by atoms with Crippen molar-refractivity contribution in [3.8, 4) is 16.9 Å². The van der Waals surface area contributed by atoms with E-state index in [0.717, 1.165) is 29.0 Å². The lowest BCUT2D eigenvalue weighted by Crippen LogP contribution is -2.29. The summed E-state index contributed by atoms with van der Waals surface area (Å²) in [6.45, 7) is 1.99. The van der Waals surface area contributed by atoms with Crippen molar-refractivity contribution < 1.29 is 22.7 Å². The van der Waals surface area contributed by atoms with Crippen LogP contribution >= 0.6 is 0 Å². The highest BCUT2D eigenvalue weighted by molar-refractivity contribution is 5.95. The third-order valence-electron chi connectivity index (χ3n) is 3.65. The first-order valence-electron chi connectivity index (χ1n) is 7.39. The van der Waals surface area contributed by atoms with Gasteiger partial charge in [-0.05, 0) is 17.7 Å². The average Bonchev–Trinajstić information content (AvgIpc) is 2.80. The van der Waals surface area contributed by atoms with Gasteiger partial charge in [-0.15, -0.1) is 0 Å². The number of anilines is 1. The van der Waals surface area contributed by atoms with Gasteiger partial charge < -0.3 is 15.4 Å². The lowest BCUT2D eigenvalue weighted by molar-refractivity contribution is -0.167. The average molecular weight is 336 g/mol. The van der Waals surface area contributed by atoms with Crippen LogP contribution in [0, 0.1) is 0 Å². The Balaban J connectivity index is 1.85. The number of amides is 1. The van der Waals surface area contributed by atoms with E-state index in [4.69, 9.17) is 4.74 Å². The molecular weight excluding hydrogens is 321 g/mol. The summed E-state index contributed by atoms with van der Waals surface area (Å²) in [5.41, 5.74) is 2.79. The van der Waals surface area contributed by atoms with Crippen LogP contribution < -0.4 is 15.4 Å². The van der Waals surface area contributed by atoms with E-state index in [0.29, 0.717) is 13.2 Å². The minimum Gasteiger partial charge on any atom is -0.491 e. The van der Waals surface area contributed by atoms with Crippen LogP contribution in [0.3, 0.4) is 0 Å². The highest BCUT2D eigenvalue weighted by Gasteiger charge is 2.38. The van der Waals surface area contributed by atoms with Crippen molar-refractivity contribution in [3.05, 3.63) is 48.0 Å². The van der Waals surface area contributed by atoms with E-state index in [1.54, 1.807) is 12.1 Å². The van der Waals surface area contributed by atoms with Gasteiger partial charge >= 0.3 is 12.1 Å². The molecule has 126 valence electrons. The molecule has 3 rings (SSSR count). The zero-order valence-corrected chi connectivity index (χ0v) is 12.6. The van der Waals surface area contributed by atoms with E-state index in [9.17, 15) is 18.0 Å². The number of benzene rings is 2. The van der Waals surface area contributed by atoms with E-state index in [1.807, 2.05) is 23.5 Å². The van der Waals surface area contributed by atoms with Crippen LogP contribution in [0.25, 0.3) is 11.1 Å². The standard InChI is InChI=1S/C17H15F3N2O2/c18-17(19,20)16(23)22-13-6-4-11(5-7-13)14-3-1-2-12-10-21-8-9-24-15(12)14/h1-7,21H,8-10H2,(H,22,23). The third kappa shape index (κ3) is 3.51. The second-order valence-corrected chi connectivity index (χ2v) is 5.35. The summed E-state index contributed by atoms with van der Waals surface area (Å²) in [6.07, 6.45) is -4.91. The monoisotopic (exact) mass is 336 g/mol. The van der Waals surface area contributed by atoms with Crippen molar-refractivity contribution in [1.29, 1.82) is 0 Å². The minimum atomic E-state index is -4.91. The largest absolute Gasteiger partial charge is 0.491 e. The maximum atomic E-state index is 12.3. The number of hydrogen-bond acceptors (Lipinski definition) is 3. The van der Waals surface area contributed by atoms with Crippen molar-refractivity contribution in [2.75, 3.05) is 18.5 Å². The molecule has 0 fully saturated rings. The van der Waals surface area contributed by atoms with Crippen LogP contribution in [-0.4, -0.2) is 25.2 Å². The van der Waals surface area contributed by atoms with Crippen molar-refractivity contribution in [1.82, 2.24) is 5.32 Å². The fourth-order valence-corrected chi connectivity index (χ4v) is 2.51. The first-order chi connectivity index (χ1) is 11.4. The molecule has 0 aliphatic carbocycles. The molecule has 2 N–H and O–H groups in total. The fourth-order valence-electron chi connectivity index (χ4n) is 2.51. The van der Waals surface area contributed by atoms with E-state index >= 15 is 0 Å². The molecule has 2 aromatic rings. The van der Waals surface area contributed by atoms with E-state index in [-0.39, 0.29) is 5.69 Å². The summed E-state index contributed by atoms with van der Waals surface area (Å²) < 4.78 is 42.6. The molecule has 1 aliphatic heterocycles. The van der Waals surface area contributed by atoms with Crippen LogP contribution in [-0.2, 0) is 11.3 Å². The van der Waals surface area contributed by atoms with Gasteiger partial charge in [-0.25, -0.2) is 0 Å². The number of para-hydroxylation sites is 1. The van der Waals surface area contributed by atoms with Gasteiger partial charge in [0, 0.05) is 29.9 Å². The van der Waals surface area contributed by atoms with Crippen LogP contribution in [0.1, 0.15) is 5.56 Å². The Labute approximate surface area is 136 Å². The van der Waals surface area contributed by atoms with E-state index in [1.165, 1.54) is 12.1 Å². The normalized spacial score (nSPS) is 14.3. The zero-order valence-electron chi connectivity index (χ0n) is 12.6. The molecule has 0 saturated heterocycles. The molecule has 4 nitrogen and oxygen atoms in total. The Bertz CT molecular complexity index is 742. The SMILES string of the molecule is O=C(Nc1ccc(-c2cccc3c2OCCNC3)cc1)C(F)(F)F. The molecule has 2 aromatic carbocycles. The van der Waals surface area contributed by atoms with Gasteiger partial charge in [0.25, 0.3) is 0 Å². The Morgan fingerprint density at radius 3 is 2.58 bits per heavy atom. The molecule has 0 spiro atoms. The van der Waals surface area contributed by atoms with Gasteiger partial charge in [-0.3, -0.25) is 4.79 Å². The smallest absolute Gasteiger partial charge is 0.471 e. The maximum Gasteiger partial charge on any atom is 0.471 e. The van der Waals surface area contributed by atoms with Gasteiger partial charge in [0.2, 0.25) is 0 Å². The Kier molecular flexibility index (Phi) is 4.44. The minimum absolute atomic E-state index is 0.0886. The number of ether oxygens (including phenoxy) is 1. The number of carbonyl (C=O) groups excluding carboxylic acids is 1. The molecule has 0 bridgehead atoms. The molecule has 7 heteroatoms. The van der Waals surface area contributed by atoms with Gasteiger partial charge in [-0.1, -0.05) is 30.3 Å². The molecule has 1 amide bonds. The van der Waals surface area contributed by atoms with Crippen molar-refractivity contribution in [2.24, 2.45) is 0 Å². The second kappa shape index (κ2) is 6.52. The summed E-state index contributed by atoms with van der Waals surface area (Å²) in [5, 5.41) is 5.08. The predicted octanol–water partition coefficient (Wildman–Crippen LogP) is 3.34. The van der Waals surface area contributed by atoms with Gasteiger partial charge in [-0.2, -0.15) is 13.2 Å². The van der Waals surface area contributed by atoms with Crippen LogP contribution in [0.4, 0.5) is 18.9 Å². The first-order valence-corrected chi connectivity index (χ1v) is 7.39. The number of halogens is 3. The Morgan fingerprint density at radius 2 is 1.88 bits per heavy atom. The summed E-state index contributed by atoms with van der Waals surface area (Å²) in [6, 6.07) is 12.0. The van der Waals surface area contributed by atoms with Gasteiger partial charge in [0.15, 0.2) is 0 Å². The van der Waals surface area contributed by atoms with Crippen molar-refractivity contribution in [3.63, 3.8) is 0 Å². The molecule has 0 saturated carbocycles. The second-order valence-electron chi connectivity index (χ2n) is 5.35. The molecule has 0 unspecified atom stereocenters. The molecule has 0 atom stereocenters. The topological polar surface area (TPSA) is 50.4 Å². The predicted molar refractivity (Wildman–Crippen MR) is 83.8 cm³/mol. The number of hydrogen-bond donors (Lipinski definition) is 2. The summed E-state index contributed by atoms with van der Waals surface area (Å²) in [7, 11) is 0. The molecule has 0 radical (unpaired) electrons. The fraction of sp³-hybridized carbons (Fsp3) is 0.235. The zero-order chi connectivity index (χ0) is 17.2. The number of rotatable bonds is 2. The molecule has 1 aliphatic rings. The van der Waals surface area contributed by atoms with E-state index in [2.05, 4.69) is 5.32 Å². The quantitative estimate of drug-likeness (QED) is 0.884. The van der Waals surface area contributed by atoms with Crippen molar-refractivity contribution >= 4 is 11.6 Å².